The molecule has 3 heteroatoms. The van der Waals surface area contributed by atoms with Gasteiger partial charge in [-0.1, -0.05) is 6.92 Å². The van der Waals surface area contributed by atoms with Gasteiger partial charge in [0.05, 0.1) is 12.7 Å². The fraction of sp³-hybridized carbons (Fsp3) is 0.250. The van der Waals surface area contributed by atoms with E-state index >= 15 is 0 Å². The van der Waals surface area contributed by atoms with Crippen LogP contribution in [0.5, 0.6) is 5.75 Å². The number of aliphatic carboxylic acids is 1. The predicted molar refractivity (Wildman–Crippen MR) is 57.9 cm³/mol. The molecule has 0 bridgehead atoms. The van der Waals surface area contributed by atoms with E-state index < -0.39 is 5.97 Å². The average Bonchev–Trinajstić information content (AvgIpc) is 2.19. The number of rotatable bonds is 3. The van der Waals surface area contributed by atoms with Crippen molar-refractivity contribution in [2.75, 3.05) is 7.11 Å². The molecule has 0 spiro atoms. The summed E-state index contributed by atoms with van der Waals surface area (Å²) in [5.41, 5.74) is 3.24. The Morgan fingerprint density at radius 2 is 2.20 bits per heavy atom. The summed E-state index contributed by atoms with van der Waals surface area (Å²) in [5, 5.41) is 8.86. The number of carboxylic acids is 1. The Bertz CT molecular complexity index is 458. The Morgan fingerprint density at radius 1 is 1.47 bits per heavy atom. The third-order valence-corrected chi connectivity index (χ3v) is 2.65. The summed E-state index contributed by atoms with van der Waals surface area (Å²) in [5.74, 6) is -0.114. The van der Waals surface area contributed by atoms with E-state index in [1.807, 2.05) is 13.0 Å². The SMILES string of the molecule is CCc1cc2c(cc1OC)C(C(=O)O)=C2. The van der Waals surface area contributed by atoms with Crippen LogP contribution in [0.4, 0.5) is 0 Å². The van der Waals surface area contributed by atoms with Gasteiger partial charge in [-0.3, -0.25) is 0 Å². The van der Waals surface area contributed by atoms with Crippen LogP contribution in [0, 0.1) is 0 Å². The number of ether oxygens (including phenoxy) is 1. The molecule has 0 unspecified atom stereocenters. The molecule has 15 heavy (non-hydrogen) atoms. The summed E-state index contributed by atoms with van der Waals surface area (Å²) in [7, 11) is 1.60. The van der Waals surface area contributed by atoms with Gasteiger partial charge in [0.25, 0.3) is 0 Å². The summed E-state index contributed by atoms with van der Waals surface area (Å²) >= 11 is 0. The van der Waals surface area contributed by atoms with E-state index in [9.17, 15) is 4.79 Å². The molecule has 0 aromatic heterocycles. The summed E-state index contributed by atoms with van der Waals surface area (Å²) in [4.78, 5) is 10.8. The van der Waals surface area contributed by atoms with Crippen LogP contribution in [0.2, 0.25) is 0 Å². The van der Waals surface area contributed by atoms with Gasteiger partial charge in [0.1, 0.15) is 5.75 Å². The van der Waals surface area contributed by atoms with E-state index in [1.165, 1.54) is 0 Å². The van der Waals surface area contributed by atoms with Crippen LogP contribution in [-0.2, 0) is 11.2 Å². The highest BCUT2D eigenvalue weighted by atomic mass is 16.5. The van der Waals surface area contributed by atoms with Crippen LogP contribution in [0.15, 0.2) is 12.1 Å². The van der Waals surface area contributed by atoms with Crippen molar-refractivity contribution >= 4 is 17.6 Å². The number of fused-ring (bicyclic) bond motifs is 1. The predicted octanol–water partition coefficient (Wildman–Crippen LogP) is 2.20. The number of aryl methyl sites for hydroxylation is 1. The largest absolute Gasteiger partial charge is 0.496 e. The maximum atomic E-state index is 10.8. The number of benzene rings is 1. The van der Waals surface area contributed by atoms with Gasteiger partial charge in [0.15, 0.2) is 0 Å². The van der Waals surface area contributed by atoms with Gasteiger partial charge < -0.3 is 9.84 Å². The molecule has 1 aromatic rings. The second kappa shape index (κ2) is 3.42. The van der Waals surface area contributed by atoms with Crippen LogP contribution in [0.1, 0.15) is 23.6 Å². The lowest BCUT2D eigenvalue weighted by atomic mass is 9.86. The Labute approximate surface area is 88.0 Å². The van der Waals surface area contributed by atoms with E-state index in [0.29, 0.717) is 5.57 Å². The van der Waals surface area contributed by atoms with Gasteiger partial charge in [-0.15, -0.1) is 0 Å². The smallest absolute Gasteiger partial charge is 0.336 e. The standard InChI is InChI=1S/C12H12O3/c1-3-7-4-8-5-10(12(13)14)9(8)6-11(7)15-2/h4-6H,3H2,1-2H3,(H,13,14). The molecular formula is C12H12O3. The zero-order valence-corrected chi connectivity index (χ0v) is 8.70. The van der Waals surface area contributed by atoms with E-state index in [0.717, 1.165) is 28.9 Å². The zero-order valence-electron chi connectivity index (χ0n) is 8.70. The zero-order chi connectivity index (χ0) is 11.0. The van der Waals surface area contributed by atoms with Gasteiger partial charge in [0, 0.05) is 0 Å². The van der Waals surface area contributed by atoms with E-state index in [-0.39, 0.29) is 0 Å². The Hall–Kier alpha value is -1.77. The molecule has 0 radical (unpaired) electrons. The molecule has 0 saturated carbocycles. The van der Waals surface area contributed by atoms with Gasteiger partial charge in [-0.2, -0.15) is 0 Å². The lowest BCUT2D eigenvalue weighted by Gasteiger charge is -2.19. The molecule has 1 aliphatic rings. The fourth-order valence-corrected chi connectivity index (χ4v) is 1.80. The number of methoxy groups -OCH3 is 1. The molecule has 1 aromatic carbocycles. The highest BCUT2D eigenvalue weighted by molar-refractivity contribution is 6.26. The van der Waals surface area contributed by atoms with E-state index in [4.69, 9.17) is 9.84 Å². The van der Waals surface area contributed by atoms with Crippen molar-refractivity contribution in [1.29, 1.82) is 0 Å². The lowest BCUT2D eigenvalue weighted by molar-refractivity contribution is -0.130. The number of carboxylic acid groups (broad SMARTS) is 1. The highest BCUT2D eigenvalue weighted by Crippen LogP contribution is 2.37. The van der Waals surface area contributed by atoms with Crippen molar-refractivity contribution < 1.29 is 14.6 Å². The molecule has 2 rings (SSSR count). The first-order valence-corrected chi connectivity index (χ1v) is 4.83. The first-order chi connectivity index (χ1) is 7.17. The maximum Gasteiger partial charge on any atom is 0.336 e. The second-order valence-corrected chi connectivity index (χ2v) is 3.47. The highest BCUT2D eigenvalue weighted by Gasteiger charge is 2.23. The van der Waals surface area contributed by atoms with E-state index in [1.54, 1.807) is 19.3 Å². The second-order valence-electron chi connectivity index (χ2n) is 3.47. The first kappa shape index (κ1) is 9.77. The summed E-state index contributed by atoms with van der Waals surface area (Å²) in [6, 6.07) is 3.79. The monoisotopic (exact) mass is 204 g/mol. The Balaban J connectivity index is 2.46. The fourth-order valence-electron chi connectivity index (χ4n) is 1.80. The van der Waals surface area contributed by atoms with Crippen LogP contribution in [-0.4, -0.2) is 18.2 Å². The molecule has 0 atom stereocenters. The minimum Gasteiger partial charge on any atom is -0.496 e. The third kappa shape index (κ3) is 1.40. The minimum atomic E-state index is -0.881. The number of carbonyl (C=O) groups is 1. The normalized spacial score (nSPS) is 12.5. The Morgan fingerprint density at radius 3 is 2.73 bits per heavy atom. The third-order valence-electron chi connectivity index (χ3n) is 2.65. The van der Waals surface area contributed by atoms with E-state index in [2.05, 4.69) is 0 Å². The average molecular weight is 204 g/mol. The van der Waals surface area contributed by atoms with Crippen LogP contribution >= 0.6 is 0 Å². The van der Waals surface area contributed by atoms with Crippen molar-refractivity contribution in [2.24, 2.45) is 0 Å². The molecule has 0 saturated heterocycles. The summed E-state index contributed by atoms with van der Waals surface area (Å²) in [6.07, 6.45) is 2.57. The molecule has 3 nitrogen and oxygen atoms in total. The van der Waals surface area contributed by atoms with Crippen LogP contribution < -0.4 is 4.74 Å². The molecule has 0 fully saturated rings. The minimum absolute atomic E-state index is 0.367. The quantitative estimate of drug-likeness (QED) is 0.820. The van der Waals surface area contributed by atoms with Crippen LogP contribution in [0.3, 0.4) is 0 Å². The molecular weight excluding hydrogens is 192 g/mol. The molecule has 1 aliphatic carbocycles. The van der Waals surface area contributed by atoms with Gasteiger partial charge in [0.2, 0.25) is 0 Å². The summed E-state index contributed by atoms with van der Waals surface area (Å²) < 4.78 is 5.21. The van der Waals surface area contributed by atoms with Gasteiger partial charge in [-0.25, -0.2) is 4.79 Å². The first-order valence-electron chi connectivity index (χ1n) is 4.83. The van der Waals surface area contributed by atoms with Gasteiger partial charge in [-0.05, 0) is 41.3 Å². The van der Waals surface area contributed by atoms with Crippen LogP contribution in [0.25, 0.3) is 11.6 Å². The topological polar surface area (TPSA) is 46.5 Å². The molecule has 78 valence electrons. The molecule has 0 amide bonds. The van der Waals surface area contributed by atoms with Crippen molar-refractivity contribution in [2.45, 2.75) is 13.3 Å². The molecule has 0 heterocycles. The lowest BCUT2D eigenvalue weighted by Crippen LogP contribution is -2.09. The summed E-state index contributed by atoms with van der Waals surface area (Å²) in [6.45, 7) is 2.05. The van der Waals surface area contributed by atoms with Crippen molar-refractivity contribution in [1.82, 2.24) is 0 Å². The molecule has 1 N–H and O–H groups in total. The number of hydrogen-bond acceptors (Lipinski definition) is 2. The van der Waals surface area contributed by atoms with Gasteiger partial charge >= 0.3 is 5.97 Å². The van der Waals surface area contributed by atoms with Crippen molar-refractivity contribution in [3.8, 4) is 5.75 Å². The molecule has 0 aliphatic heterocycles. The Kier molecular flexibility index (Phi) is 2.23. The maximum absolute atomic E-state index is 10.8. The van der Waals surface area contributed by atoms with Crippen molar-refractivity contribution in [3.05, 3.63) is 28.8 Å². The van der Waals surface area contributed by atoms with Crippen molar-refractivity contribution in [3.63, 3.8) is 0 Å². The number of hydrogen-bond donors (Lipinski definition) is 1.